The number of amides is 2. The number of nitrogens with zero attached hydrogens (tertiary/aromatic N) is 2. The molecule has 168 valence electrons. The Morgan fingerprint density at radius 2 is 2.00 bits per heavy atom. The molecular formula is C22H20ClF3N4O2. The third kappa shape index (κ3) is 4.89. The van der Waals surface area contributed by atoms with Gasteiger partial charge in [0, 0.05) is 17.1 Å². The van der Waals surface area contributed by atoms with E-state index < -0.39 is 24.0 Å². The number of carbonyl (C=O) groups excluding carboxylic acids is 1. The van der Waals surface area contributed by atoms with Crippen molar-refractivity contribution in [3.63, 3.8) is 0 Å². The first kappa shape index (κ1) is 22.2. The molecule has 4 rings (SSSR count). The molecule has 6 nitrogen and oxygen atoms in total. The van der Waals surface area contributed by atoms with Gasteiger partial charge in [-0.15, -0.1) is 0 Å². The third-order valence-corrected chi connectivity index (χ3v) is 5.50. The SMILES string of the molecule is O=C(NCc1cc(C(F)(F)F)nn1-c1cccc(Cl)c1)Nc1cccc2c1CC(O)CC2. The van der Waals surface area contributed by atoms with Crippen LogP contribution in [0.3, 0.4) is 0 Å². The number of hydrogen-bond donors (Lipinski definition) is 3. The van der Waals surface area contributed by atoms with Crippen LogP contribution in [0.4, 0.5) is 23.7 Å². The van der Waals surface area contributed by atoms with Crippen LogP contribution in [0, 0.1) is 0 Å². The molecule has 1 heterocycles. The van der Waals surface area contributed by atoms with Gasteiger partial charge in [-0.1, -0.05) is 29.8 Å². The van der Waals surface area contributed by atoms with E-state index >= 15 is 0 Å². The van der Waals surface area contributed by atoms with E-state index in [1.807, 2.05) is 12.1 Å². The number of nitrogens with one attached hydrogen (secondary N) is 2. The average Bonchev–Trinajstić information content (AvgIpc) is 3.18. The highest BCUT2D eigenvalue weighted by Gasteiger charge is 2.35. The summed E-state index contributed by atoms with van der Waals surface area (Å²) >= 11 is 5.97. The molecule has 2 aromatic carbocycles. The van der Waals surface area contributed by atoms with Gasteiger partial charge in [-0.2, -0.15) is 18.3 Å². The molecule has 0 radical (unpaired) electrons. The van der Waals surface area contributed by atoms with Crippen LogP contribution >= 0.6 is 11.6 Å². The summed E-state index contributed by atoms with van der Waals surface area (Å²) in [5.41, 5.74) is 1.90. The number of alkyl halides is 3. The van der Waals surface area contributed by atoms with Gasteiger partial charge < -0.3 is 15.7 Å². The molecule has 10 heteroatoms. The van der Waals surface area contributed by atoms with Gasteiger partial charge in [0.05, 0.1) is 24.0 Å². The summed E-state index contributed by atoms with van der Waals surface area (Å²) in [5, 5.41) is 19.3. The molecule has 0 saturated heterocycles. The Morgan fingerprint density at radius 1 is 1.22 bits per heavy atom. The Labute approximate surface area is 187 Å². The Morgan fingerprint density at radius 3 is 2.75 bits per heavy atom. The fraction of sp³-hybridized carbons (Fsp3) is 0.273. The Kier molecular flexibility index (Phi) is 6.12. The maximum Gasteiger partial charge on any atom is 0.435 e. The summed E-state index contributed by atoms with van der Waals surface area (Å²) < 4.78 is 40.8. The molecule has 0 bridgehead atoms. The first-order valence-electron chi connectivity index (χ1n) is 9.96. The summed E-state index contributed by atoms with van der Waals surface area (Å²) in [6.07, 6.45) is -3.29. The topological polar surface area (TPSA) is 79.2 Å². The van der Waals surface area contributed by atoms with E-state index in [1.165, 1.54) is 6.07 Å². The van der Waals surface area contributed by atoms with Gasteiger partial charge in [-0.25, -0.2) is 9.48 Å². The molecule has 1 aliphatic carbocycles. The van der Waals surface area contributed by atoms with Gasteiger partial charge in [0.15, 0.2) is 5.69 Å². The second-order valence-electron chi connectivity index (χ2n) is 7.56. The van der Waals surface area contributed by atoms with E-state index in [-0.39, 0.29) is 12.2 Å². The fourth-order valence-electron chi connectivity index (χ4n) is 3.74. The molecule has 0 saturated carbocycles. The molecule has 0 fully saturated rings. The van der Waals surface area contributed by atoms with Crippen LogP contribution in [-0.4, -0.2) is 27.0 Å². The largest absolute Gasteiger partial charge is 0.435 e. The number of hydrogen-bond acceptors (Lipinski definition) is 3. The highest BCUT2D eigenvalue weighted by molar-refractivity contribution is 6.30. The molecule has 1 atom stereocenters. The summed E-state index contributed by atoms with van der Waals surface area (Å²) in [7, 11) is 0. The number of rotatable bonds is 4. The fourth-order valence-corrected chi connectivity index (χ4v) is 3.92. The van der Waals surface area contributed by atoms with Crippen molar-refractivity contribution in [1.29, 1.82) is 0 Å². The second kappa shape index (κ2) is 8.84. The van der Waals surface area contributed by atoms with Crippen LogP contribution in [0.15, 0.2) is 48.5 Å². The molecule has 3 N–H and O–H groups in total. The normalized spacial score (nSPS) is 15.8. The van der Waals surface area contributed by atoms with Crippen molar-refractivity contribution in [3.05, 3.63) is 76.1 Å². The van der Waals surface area contributed by atoms with Crippen LogP contribution in [0.25, 0.3) is 5.69 Å². The van der Waals surface area contributed by atoms with E-state index in [0.717, 1.165) is 21.9 Å². The molecule has 2 amide bonds. The van der Waals surface area contributed by atoms with E-state index in [1.54, 1.807) is 24.3 Å². The lowest BCUT2D eigenvalue weighted by Gasteiger charge is -2.23. The highest BCUT2D eigenvalue weighted by atomic mass is 35.5. The number of carbonyl (C=O) groups is 1. The monoisotopic (exact) mass is 464 g/mol. The standard InChI is InChI=1S/C22H20ClF3N4O2/c23-14-4-2-5-15(9-14)30-16(10-20(29-30)22(24,25)26)12-27-21(32)28-19-6-1-3-13-7-8-17(31)11-18(13)19/h1-6,9-10,17,31H,7-8,11-12H2,(H2,27,28,32). The predicted octanol–water partition coefficient (Wildman–Crippen LogP) is 4.72. The Balaban J connectivity index is 1.53. The second-order valence-corrected chi connectivity index (χ2v) is 7.99. The van der Waals surface area contributed by atoms with Crippen LogP contribution in [-0.2, 0) is 25.6 Å². The number of aryl methyl sites for hydroxylation is 1. The maximum absolute atomic E-state index is 13.2. The zero-order valence-electron chi connectivity index (χ0n) is 16.8. The Bertz CT molecular complexity index is 1150. The van der Waals surface area contributed by atoms with Crippen molar-refractivity contribution < 1.29 is 23.1 Å². The van der Waals surface area contributed by atoms with Gasteiger partial charge >= 0.3 is 12.2 Å². The zero-order valence-corrected chi connectivity index (χ0v) is 17.5. The van der Waals surface area contributed by atoms with E-state index in [2.05, 4.69) is 15.7 Å². The maximum atomic E-state index is 13.2. The predicted molar refractivity (Wildman–Crippen MR) is 114 cm³/mol. The molecule has 1 unspecified atom stereocenters. The van der Waals surface area contributed by atoms with Crippen molar-refractivity contribution in [1.82, 2.24) is 15.1 Å². The van der Waals surface area contributed by atoms with Crippen molar-refractivity contribution in [2.24, 2.45) is 0 Å². The van der Waals surface area contributed by atoms with Crippen molar-refractivity contribution in [2.75, 3.05) is 5.32 Å². The lowest BCUT2D eigenvalue weighted by atomic mass is 9.88. The van der Waals surface area contributed by atoms with Crippen molar-refractivity contribution in [3.8, 4) is 5.69 Å². The van der Waals surface area contributed by atoms with Gasteiger partial charge in [0.2, 0.25) is 0 Å². The number of fused-ring (bicyclic) bond motifs is 1. The number of urea groups is 1. The number of aliphatic hydroxyl groups is 1. The lowest BCUT2D eigenvalue weighted by molar-refractivity contribution is -0.141. The van der Waals surface area contributed by atoms with E-state index in [9.17, 15) is 23.1 Å². The van der Waals surface area contributed by atoms with Crippen LogP contribution in [0.2, 0.25) is 5.02 Å². The van der Waals surface area contributed by atoms with Crippen LogP contribution < -0.4 is 10.6 Å². The summed E-state index contributed by atoms with van der Waals surface area (Å²) in [6, 6.07) is 12.1. The number of benzene rings is 2. The minimum absolute atomic E-state index is 0.139. The quantitative estimate of drug-likeness (QED) is 0.523. The number of anilines is 1. The van der Waals surface area contributed by atoms with E-state index in [0.29, 0.717) is 35.7 Å². The zero-order chi connectivity index (χ0) is 22.9. The average molecular weight is 465 g/mol. The first-order chi connectivity index (χ1) is 15.2. The molecule has 1 aromatic heterocycles. The van der Waals surface area contributed by atoms with Gasteiger partial charge in [0.1, 0.15) is 0 Å². The molecule has 3 aromatic rings. The minimum atomic E-state index is -4.63. The molecule has 0 spiro atoms. The summed E-state index contributed by atoms with van der Waals surface area (Å²) in [4.78, 5) is 12.5. The lowest BCUT2D eigenvalue weighted by Crippen LogP contribution is -2.30. The number of aromatic nitrogens is 2. The molecule has 0 aliphatic heterocycles. The number of aliphatic hydroxyl groups excluding tert-OH is 1. The van der Waals surface area contributed by atoms with Gasteiger partial charge in [0.25, 0.3) is 0 Å². The molecule has 1 aliphatic rings. The van der Waals surface area contributed by atoms with Crippen molar-refractivity contribution in [2.45, 2.75) is 38.1 Å². The summed E-state index contributed by atoms with van der Waals surface area (Å²) in [5.74, 6) is 0. The number of halogens is 4. The van der Waals surface area contributed by atoms with Crippen LogP contribution in [0.1, 0.15) is 28.9 Å². The van der Waals surface area contributed by atoms with Gasteiger partial charge in [-0.3, -0.25) is 0 Å². The Hall–Kier alpha value is -3.04. The van der Waals surface area contributed by atoms with E-state index in [4.69, 9.17) is 11.6 Å². The first-order valence-corrected chi connectivity index (χ1v) is 10.3. The summed E-state index contributed by atoms with van der Waals surface area (Å²) in [6.45, 7) is -0.195. The third-order valence-electron chi connectivity index (χ3n) is 5.26. The molecule has 32 heavy (non-hydrogen) atoms. The van der Waals surface area contributed by atoms with Gasteiger partial charge in [-0.05, 0) is 54.3 Å². The highest BCUT2D eigenvalue weighted by Crippen LogP contribution is 2.30. The molecular weight excluding hydrogens is 445 g/mol. The smallest absolute Gasteiger partial charge is 0.393 e. The minimum Gasteiger partial charge on any atom is -0.393 e. The van der Waals surface area contributed by atoms with Crippen molar-refractivity contribution >= 4 is 23.3 Å². The van der Waals surface area contributed by atoms with Crippen LogP contribution in [0.5, 0.6) is 0 Å².